The van der Waals surface area contributed by atoms with Crippen LogP contribution in [0.3, 0.4) is 0 Å². The highest BCUT2D eigenvalue weighted by molar-refractivity contribution is 5.79. The zero-order valence-corrected chi connectivity index (χ0v) is 17.4. The van der Waals surface area contributed by atoms with Crippen molar-refractivity contribution in [3.63, 3.8) is 0 Å². The summed E-state index contributed by atoms with van der Waals surface area (Å²) in [6, 6.07) is 10.3. The second-order valence-corrected chi connectivity index (χ2v) is 8.12. The maximum absolute atomic E-state index is 13.2. The summed E-state index contributed by atoms with van der Waals surface area (Å²) >= 11 is 0. The molecule has 1 aliphatic rings. The third-order valence-corrected chi connectivity index (χ3v) is 5.93. The van der Waals surface area contributed by atoms with Gasteiger partial charge in [0.1, 0.15) is 0 Å². The first-order chi connectivity index (χ1) is 13.4. The van der Waals surface area contributed by atoms with Crippen LogP contribution in [0.2, 0.25) is 0 Å². The van der Waals surface area contributed by atoms with E-state index in [0.717, 1.165) is 35.5 Å². The topological polar surface area (TPSA) is 61.6 Å². The van der Waals surface area contributed by atoms with E-state index in [4.69, 9.17) is 0 Å². The number of nitrogens with zero attached hydrogens (tertiary/aromatic N) is 4. The Kier molecular flexibility index (Phi) is 6.52. The molecule has 3 rings (SSSR count). The molecule has 6 nitrogen and oxygen atoms in total. The maximum atomic E-state index is 13.2. The van der Waals surface area contributed by atoms with Gasteiger partial charge in [-0.15, -0.1) is 0 Å². The summed E-state index contributed by atoms with van der Waals surface area (Å²) in [5.41, 5.74) is 3.91. The highest BCUT2D eigenvalue weighted by Crippen LogP contribution is 2.22. The second-order valence-electron chi connectivity index (χ2n) is 8.12. The van der Waals surface area contributed by atoms with Gasteiger partial charge in [-0.3, -0.25) is 4.79 Å². The molecule has 0 saturated carbocycles. The quantitative estimate of drug-likeness (QED) is 0.858. The van der Waals surface area contributed by atoms with Crippen molar-refractivity contribution in [3.8, 4) is 5.69 Å². The Morgan fingerprint density at radius 3 is 2.54 bits per heavy atom. The second kappa shape index (κ2) is 8.88. The number of rotatable bonds is 5. The lowest BCUT2D eigenvalue weighted by atomic mass is 10.0. The zero-order chi connectivity index (χ0) is 20.3. The van der Waals surface area contributed by atoms with E-state index in [1.165, 1.54) is 0 Å². The minimum atomic E-state index is 0.117. The highest BCUT2D eigenvalue weighted by Gasteiger charge is 2.28. The number of hydrogen-bond donors (Lipinski definition) is 1. The summed E-state index contributed by atoms with van der Waals surface area (Å²) < 4.78 is 1.92. The number of benzene rings is 1. The third-order valence-electron chi connectivity index (χ3n) is 5.93. The molecule has 0 spiro atoms. The van der Waals surface area contributed by atoms with E-state index in [2.05, 4.69) is 24.1 Å². The Bertz CT molecular complexity index is 800. The normalized spacial score (nSPS) is 20.4. The Balaban J connectivity index is 1.81. The number of aliphatic hydroxyl groups excluding tert-OH is 1. The molecule has 2 atom stereocenters. The Morgan fingerprint density at radius 1 is 1.18 bits per heavy atom. The molecule has 1 aromatic heterocycles. The summed E-state index contributed by atoms with van der Waals surface area (Å²) in [7, 11) is 4.12. The number of carbonyl (C=O) groups is 1. The lowest BCUT2D eigenvalue weighted by Gasteiger charge is -2.29. The van der Waals surface area contributed by atoms with Gasteiger partial charge in [0.25, 0.3) is 0 Å². The molecule has 6 heteroatoms. The van der Waals surface area contributed by atoms with Gasteiger partial charge < -0.3 is 14.9 Å². The van der Waals surface area contributed by atoms with Gasteiger partial charge in [-0.05, 0) is 58.8 Å². The van der Waals surface area contributed by atoms with Gasteiger partial charge in [-0.1, -0.05) is 18.2 Å². The van der Waals surface area contributed by atoms with E-state index in [9.17, 15) is 9.90 Å². The lowest BCUT2D eigenvalue weighted by molar-refractivity contribution is -0.131. The monoisotopic (exact) mass is 384 g/mol. The first-order valence-corrected chi connectivity index (χ1v) is 10.1. The standard InChI is InChI=1S/C22H32N4O2/c1-16-21(17(2)26(23-16)19-8-6-5-7-9-19)12-22(28)25-13-18(15-27)10-11-20(14-25)24(3)4/h5-9,18,20,27H,10-15H2,1-4H3/t18-,20+/m0/s1. The summed E-state index contributed by atoms with van der Waals surface area (Å²) in [6.45, 7) is 5.47. The molecule has 1 saturated heterocycles. The Morgan fingerprint density at radius 2 is 1.89 bits per heavy atom. The van der Waals surface area contributed by atoms with E-state index < -0.39 is 0 Å². The number of likely N-dealkylation sites (tertiary alicyclic amines) is 1. The molecule has 1 fully saturated rings. The summed E-state index contributed by atoms with van der Waals surface area (Å²) in [5.74, 6) is 0.272. The summed E-state index contributed by atoms with van der Waals surface area (Å²) in [4.78, 5) is 17.3. The number of aliphatic hydroxyl groups is 1. The van der Waals surface area contributed by atoms with Crippen molar-refractivity contribution in [1.82, 2.24) is 19.6 Å². The van der Waals surface area contributed by atoms with Crippen LogP contribution in [0.5, 0.6) is 0 Å². The first kappa shape index (κ1) is 20.6. The molecular formula is C22H32N4O2. The van der Waals surface area contributed by atoms with E-state index >= 15 is 0 Å². The predicted octanol–water partition coefficient (Wildman–Crippen LogP) is 2.19. The van der Waals surface area contributed by atoms with Gasteiger partial charge in [0.2, 0.25) is 5.91 Å². The van der Waals surface area contributed by atoms with Crippen LogP contribution in [0.1, 0.15) is 29.8 Å². The fourth-order valence-corrected chi connectivity index (χ4v) is 4.04. The van der Waals surface area contributed by atoms with Gasteiger partial charge in [0.05, 0.1) is 17.8 Å². The summed E-state index contributed by atoms with van der Waals surface area (Å²) in [5, 5.41) is 14.4. The summed E-state index contributed by atoms with van der Waals surface area (Å²) in [6.07, 6.45) is 2.31. The molecule has 2 aromatic rings. The van der Waals surface area contributed by atoms with Crippen LogP contribution in [-0.2, 0) is 11.2 Å². The van der Waals surface area contributed by atoms with Crippen LogP contribution < -0.4 is 0 Å². The number of aryl methyl sites for hydroxylation is 1. The number of para-hydroxylation sites is 1. The average Bonchev–Trinajstić information content (AvgIpc) is 2.87. The zero-order valence-electron chi connectivity index (χ0n) is 17.4. The van der Waals surface area contributed by atoms with Crippen molar-refractivity contribution in [2.75, 3.05) is 33.8 Å². The van der Waals surface area contributed by atoms with Crippen LogP contribution in [0.4, 0.5) is 0 Å². The van der Waals surface area contributed by atoms with Crippen molar-refractivity contribution in [3.05, 3.63) is 47.3 Å². The van der Waals surface area contributed by atoms with Crippen LogP contribution in [0.15, 0.2) is 30.3 Å². The Hall–Kier alpha value is -2.18. The fourth-order valence-electron chi connectivity index (χ4n) is 4.04. The largest absolute Gasteiger partial charge is 0.396 e. The van der Waals surface area contributed by atoms with Gasteiger partial charge in [0.15, 0.2) is 0 Å². The van der Waals surface area contributed by atoms with Gasteiger partial charge in [0, 0.05) is 37.0 Å². The smallest absolute Gasteiger partial charge is 0.227 e. The van der Waals surface area contributed by atoms with Crippen molar-refractivity contribution >= 4 is 5.91 Å². The van der Waals surface area contributed by atoms with Crippen molar-refractivity contribution in [2.45, 2.75) is 39.2 Å². The molecule has 0 aliphatic carbocycles. The molecule has 0 bridgehead atoms. The molecule has 1 N–H and O–H groups in total. The molecule has 0 radical (unpaired) electrons. The molecule has 1 amide bonds. The molecule has 1 aromatic carbocycles. The maximum Gasteiger partial charge on any atom is 0.227 e. The number of aromatic nitrogens is 2. The van der Waals surface area contributed by atoms with Crippen LogP contribution in [0.25, 0.3) is 5.69 Å². The average molecular weight is 385 g/mol. The predicted molar refractivity (Wildman–Crippen MR) is 111 cm³/mol. The van der Waals surface area contributed by atoms with Crippen molar-refractivity contribution < 1.29 is 9.90 Å². The van der Waals surface area contributed by atoms with E-state index in [-0.39, 0.29) is 18.4 Å². The third kappa shape index (κ3) is 4.45. The first-order valence-electron chi connectivity index (χ1n) is 10.1. The minimum Gasteiger partial charge on any atom is -0.396 e. The van der Waals surface area contributed by atoms with E-state index in [1.807, 2.05) is 53.8 Å². The van der Waals surface area contributed by atoms with E-state index in [1.54, 1.807) is 0 Å². The van der Waals surface area contributed by atoms with Crippen molar-refractivity contribution in [2.24, 2.45) is 5.92 Å². The highest BCUT2D eigenvalue weighted by atomic mass is 16.3. The molecule has 2 heterocycles. The minimum absolute atomic E-state index is 0.117. The van der Waals surface area contributed by atoms with E-state index in [0.29, 0.717) is 25.6 Å². The number of carbonyl (C=O) groups excluding carboxylic acids is 1. The van der Waals surface area contributed by atoms with Crippen LogP contribution in [-0.4, -0.2) is 70.4 Å². The number of amides is 1. The lowest BCUT2D eigenvalue weighted by Crippen LogP contribution is -2.43. The van der Waals surface area contributed by atoms with Gasteiger partial charge in [-0.2, -0.15) is 5.10 Å². The van der Waals surface area contributed by atoms with Crippen molar-refractivity contribution in [1.29, 1.82) is 0 Å². The van der Waals surface area contributed by atoms with Crippen LogP contribution in [0, 0.1) is 19.8 Å². The van der Waals surface area contributed by atoms with Gasteiger partial charge >= 0.3 is 0 Å². The molecule has 0 unspecified atom stereocenters. The fraction of sp³-hybridized carbons (Fsp3) is 0.545. The Labute approximate surface area is 167 Å². The molecule has 1 aliphatic heterocycles. The number of hydrogen-bond acceptors (Lipinski definition) is 4. The number of likely N-dealkylation sites (N-methyl/N-ethyl adjacent to an activating group) is 1. The van der Waals surface area contributed by atoms with Crippen LogP contribution >= 0.6 is 0 Å². The molecule has 28 heavy (non-hydrogen) atoms. The molecule has 152 valence electrons. The van der Waals surface area contributed by atoms with Gasteiger partial charge in [-0.25, -0.2) is 4.68 Å². The SMILES string of the molecule is Cc1nn(-c2ccccc2)c(C)c1CC(=O)N1C[C@@H](CO)CC[C@@H](N(C)C)C1. The molecular weight excluding hydrogens is 352 g/mol.